The van der Waals surface area contributed by atoms with E-state index in [0.717, 1.165) is 27.6 Å². The molecule has 1 amide bonds. The van der Waals surface area contributed by atoms with Crippen molar-refractivity contribution in [1.29, 1.82) is 0 Å². The topological polar surface area (TPSA) is 90.6 Å². The van der Waals surface area contributed by atoms with Gasteiger partial charge >= 0.3 is 0 Å². The average molecular weight is 450 g/mol. The molecule has 0 spiro atoms. The van der Waals surface area contributed by atoms with Crippen molar-refractivity contribution in [3.63, 3.8) is 0 Å². The predicted molar refractivity (Wildman–Crippen MR) is 123 cm³/mol. The quantitative estimate of drug-likeness (QED) is 0.418. The molecule has 0 aliphatic heterocycles. The summed E-state index contributed by atoms with van der Waals surface area (Å²) in [6, 6.07) is 12.7. The number of nitrogens with zero attached hydrogens (tertiary/aromatic N) is 4. The third kappa shape index (κ3) is 4.24. The lowest BCUT2D eigenvalue weighted by Gasteiger charge is -2.12. The average Bonchev–Trinajstić information content (AvgIpc) is 3.28. The first-order valence-electron chi connectivity index (χ1n) is 10.0. The van der Waals surface area contributed by atoms with Crippen molar-refractivity contribution in [3.05, 3.63) is 65.6 Å². The van der Waals surface area contributed by atoms with Gasteiger partial charge < -0.3 is 14.8 Å². The van der Waals surface area contributed by atoms with Crippen LogP contribution in [0.3, 0.4) is 0 Å². The smallest absolute Gasteiger partial charge is 0.255 e. The molecule has 164 valence electrons. The highest BCUT2D eigenvalue weighted by molar-refractivity contribution is 7.99. The molecule has 8 nitrogen and oxygen atoms in total. The molecule has 32 heavy (non-hydrogen) atoms. The van der Waals surface area contributed by atoms with E-state index in [4.69, 9.17) is 9.47 Å². The van der Waals surface area contributed by atoms with Gasteiger partial charge in [-0.2, -0.15) is 14.6 Å². The summed E-state index contributed by atoms with van der Waals surface area (Å²) in [7, 11) is 3.10. The molecule has 9 heteroatoms. The second kappa shape index (κ2) is 9.27. The second-order valence-corrected chi connectivity index (χ2v) is 8.02. The molecule has 1 N–H and O–H groups in total. The number of aryl methyl sites for hydroxylation is 1. The van der Waals surface area contributed by atoms with Crippen molar-refractivity contribution >= 4 is 29.1 Å². The maximum atomic E-state index is 12.7. The number of carbonyl (C=O) groups excluding carboxylic acids is 1. The third-order valence-corrected chi connectivity index (χ3v) is 6.13. The van der Waals surface area contributed by atoms with E-state index in [1.165, 1.54) is 13.4 Å². The van der Waals surface area contributed by atoms with Crippen LogP contribution in [-0.2, 0) is 6.42 Å². The molecule has 0 unspecified atom stereocenters. The predicted octanol–water partition coefficient (Wildman–Crippen LogP) is 4.42. The van der Waals surface area contributed by atoms with Crippen LogP contribution in [0.1, 0.15) is 28.5 Å². The Balaban J connectivity index is 1.53. The molecule has 0 fully saturated rings. The Morgan fingerprint density at radius 3 is 2.53 bits per heavy atom. The van der Waals surface area contributed by atoms with Crippen molar-refractivity contribution in [2.45, 2.75) is 30.2 Å². The lowest BCUT2D eigenvalue weighted by atomic mass is 10.2. The molecule has 2 aromatic heterocycles. The number of amides is 1. The zero-order chi connectivity index (χ0) is 22.7. The monoisotopic (exact) mass is 449 g/mol. The summed E-state index contributed by atoms with van der Waals surface area (Å²) in [5.74, 6) is 1.44. The summed E-state index contributed by atoms with van der Waals surface area (Å²) in [4.78, 5) is 22.4. The van der Waals surface area contributed by atoms with Crippen molar-refractivity contribution in [3.8, 4) is 11.5 Å². The summed E-state index contributed by atoms with van der Waals surface area (Å²) in [6.07, 6.45) is 2.36. The first-order chi connectivity index (χ1) is 15.5. The fraction of sp³-hybridized carbons (Fsp3) is 0.217. The zero-order valence-corrected chi connectivity index (χ0v) is 19.1. The van der Waals surface area contributed by atoms with Gasteiger partial charge in [-0.1, -0.05) is 18.7 Å². The number of hydrogen-bond acceptors (Lipinski definition) is 7. The lowest BCUT2D eigenvalue weighted by Crippen LogP contribution is -2.12. The molecule has 4 aromatic rings. The second-order valence-electron chi connectivity index (χ2n) is 6.96. The van der Waals surface area contributed by atoms with E-state index in [0.29, 0.717) is 28.5 Å². The number of aromatic nitrogens is 4. The van der Waals surface area contributed by atoms with E-state index < -0.39 is 0 Å². The van der Waals surface area contributed by atoms with Gasteiger partial charge in [0, 0.05) is 27.4 Å². The van der Waals surface area contributed by atoms with E-state index in [2.05, 4.69) is 27.3 Å². The molecule has 0 atom stereocenters. The molecule has 4 rings (SSSR count). The molecule has 2 heterocycles. The zero-order valence-electron chi connectivity index (χ0n) is 18.2. The molecule has 2 aromatic carbocycles. The van der Waals surface area contributed by atoms with Crippen LogP contribution in [0.4, 0.5) is 5.69 Å². The van der Waals surface area contributed by atoms with Crippen LogP contribution in [0.2, 0.25) is 0 Å². The third-order valence-electron chi connectivity index (χ3n) is 5.01. The molecular weight excluding hydrogens is 426 g/mol. The Kier molecular flexibility index (Phi) is 6.27. The highest BCUT2D eigenvalue weighted by atomic mass is 32.2. The number of hydrogen-bond donors (Lipinski definition) is 1. The lowest BCUT2D eigenvalue weighted by molar-refractivity contribution is 0.102. The summed E-state index contributed by atoms with van der Waals surface area (Å²) in [6.45, 7) is 4.09. The van der Waals surface area contributed by atoms with E-state index in [1.54, 1.807) is 41.6 Å². The molecule has 0 aliphatic carbocycles. The maximum Gasteiger partial charge on any atom is 0.255 e. The van der Waals surface area contributed by atoms with Crippen molar-refractivity contribution < 1.29 is 14.3 Å². The number of nitrogens with one attached hydrogen (secondary N) is 1. The van der Waals surface area contributed by atoms with Crippen LogP contribution in [0.5, 0.6) is 11.5 Å². The number of carbonyl (C=O) groups is 1. The largest absolute Gasteiger partial charge is 0.493 e. The van der Waals surface area contributed by atoms with Crippen LogP contribution in [0, 0.1) is 6.92 Å². The van der Waals surface area contributed by atoms with Gasteiger partial charge in [-0.3, -0.25) is 4.79 Å². The minimum Gasteiger partial charge on any atom is -0.493 e. The Labute approximate surface area is 190 Å². The molecule has 0 saturated heterocycles. The fourth-order valence-electron chi connectivity index (χ4n) is 3.37. The van der Waals surface area contributed by atoms with Crippen LogP contribution >= 0.6 is 11.8 Å². The number of benzene rings is 2. The molecule has 0 radical (unpaired) electrons. The van der Waals surface area contributed by atoms with Crippen LogP contribution in [-0.4, -0.2) is 39.7 Å². The van der Waals surface area contributed by atoms with E-state index in [-0.39, 0.29) is 5.91 Å². The van der Waals surface area contributed by atoms with E-state index in [9.17, 15) is 4.79 Å². The highest BCUT2D eigenvalue weighted by Crippen LogP contribution is 2.33. The minimum absolute atomic E-state index is 0.228. The standard InChI is InChI=1S/C23H23N5O3S/c1-5-18-14(2)26-23-24-13-25-28(23)22(18)32-17-9-7-16(8-10-17)27-21(29)15-6-11-19(30-3)20(12-15)31-4/h6-13H,5H2,1-4H3,(H,27,29). The molecule has 0 bridgehead atoms. The van der Waals surface area contributed by atoms with E-state index in [1.807, 2.05) is 31.2 Å². The number of methoxy groups -OCH3 is 2. The van der Waals surface area contributed by atoms with Crippen LogP contribution in [0.25, 0.3) is 5.78 Å². The van der Waals surface area contributed by atoms with Gasteiger partial charge in [0.15, 0.2) is 11.5 Å². The van der Waals surface area contributed by atoms with Gasteiger partial charge in [-0.15, -0.1) is 0 Å². The SMILES string of the molecule is CCc1c(C)nc2ncnn2c1Sc1ccc(NC(=O)c2ccc(OC)c(OC)c2)cc1. The number of rotatable bonds is 7. The Hall–Kier alpha value is -3.59. The van der Waals surface area contributed by atoms with Crippen LogP contribution < -0.4 is 14.8 Å². The van der Waals surface area contributed by atoms with Gasteiger partial charge in [0.1, 0.15) is 11.4 Å². The van der Waals surface area contributed by atoms with Crippen molar-refractivity contribution in [2.75, 3.05) is 19.5 Å². The maximum absolute atomic E-state index is 12.7. The van der Waals surface area contributed by atoms with Gasteiger partial charge in [0.05, 0.1) is 14.2 Å². The Morgan fingerprint density at radius 2 is 1.84 bits per heavy atom. The van der Waals surface area contributed by atoms with E-state index >= 15 is 0 Å². The minimum atomic E-state index is -0.228. The van der Waals surface area contributed by atoms with Gasteiger partial charge in [0.2, 0.25) is 0 Å². The number of fused-ring (bicyclic) bond motifs is 1. The Morgan fingerprint density at radius 1 is 1.09 bits per heavy atom. The molecule has 0 saturated carbocycles. The fourth-order valence-corrected chi connectivity index (χ4v) is 4.49. The normalized spacial score (nSPS) is 10.9. The summed E-state index contributed by atoms with van der Waals surface area (Å²) in [5.41, 5.74) is 3.27. The van der Waals surface area contributed by atoms with Gasteiger partial charge in [-0.05, 0) is 55.8 Å². The molecule has 0 aliphatic rings. The number of ether oxygens (including phenoxy) is 2. The summed E-state index contributed by atoms with van der Waals surface area (Å²) in [5, 5.41) is 8.24. The van der Waals surface area contributed by atoms with Crippen molar-refractivity contribution in [2.24, 2.45) is 0 Å². The summed E-state index contributed by atoms with van der Waals surface area (Å²) < 4.78 is 12.3. The first kappa shape index (κ1) is 21.6. The first-order valence-corrected chi connectivity index (χ1v) is 10.9. The van der Waals surface area contributed by atoms with Crippen LogP contribution in [0.15, 0.2) is 58.7 Å². The molecular formula is C23H23N5O3S. The Bertz CT molecular complexity index is 1270. The van der Waals surface area contributed by atoms with Crippen molar-refractivity contribution in [1.82, 2.24) is 19.6 Å². The highest BCUT2D eigenvalue weighted by Gasteiger charge is 2.15. The van der Waals surface area contributed by atoms with Gasteiger partial charge in [-0.25, -0.2) is 4.98 Å². The number of anilines is 1. The summed E-state index contributed by atoms with van der Waals surface area (Å²) >= 11 is 1.60. The van der Waals surface area contributed by atoms with Gasteiger partial charge in [0.25, 0.3) is 11.7 Å².